The molecule has 0 bridgehead atoms. The van der Waals surface area contributed by atoms with E-state index in [4.69, 9.17) is 0 Å². The molecule has 0 aliphatic carbocycles. The molecule has 1 heterocycles. The van der Waals surface area contributed by atoms with Crippen molar-refractivity contribution in [3.05, 3.63) is 66.7 Å². The molecule has 29 heavy (non-hydrogen) atoms. The lowest BCUT2D eigenvalue weighted by molar-refractivity contribution is -0.274. The molecular formula is C18H17F3N4O3S. The molecule has 0 radical (unpaired) electrons. The summed E-state index contributed by atoms with van der Waals surface area (Å²) in [7, 11) is -2.52. The standard InChI is InChI=1S/C18H17F3N4O3S/c1-13(14-3-5-15(6-4-14)25-12-22-11-23-25)24(2)29(26,27)17-9-7-16(8-10-17)28-18(19,20)21/h3-13H,1-2H3/t13-/m0/s1. The van der Waals surface area contributed by atoms with Crippen molar-refractivity contribution in [2.45, 2.75) is 24.2 Å². The number of sulfonamides is 1. The summed E-state index contributed by atoms with van der Waals surface area (Å²) in [4.78, 5) is 3.73. The van der Waals surface area contributed by atoms with Gasteiger partial charge in [0.25, 0.3) is 0 Å². The van der Waals surface area contributed by atoms with Crippen molar-refractivity contribution in [1.82, 2.24) is 19.1 Å². The van der Waals surface area contributed by atoms with Gasteiger partial charge in [0.2, 0.25) is 10.0 Å². The van der Waals surface area contributed by atoms with Crippen LogP contribution in [0.2, 0.25) is 0 Å². The van der Waals surface area contributed by atoms with E-state index in [9.17, 15) is 21.6 Å². The first kappa shape index (κ1) is 20.8. The van der Waals surface area contributed by atoms with E-state index in [0.717, 1.165) is 39.8 Å². The number of hydrogen-bond donors (Lipinski definition) is 0. The highest BCUT2D eigenvalue weighted by Crippen LogP contribution is 2.28. The van der Waals surface area contributed by atoms with Gasteiger partial charge in [-0.2, -0.15) is 9.40 Å². The smallest absolute Gasteiger partial charge is 0.406 e. The van der Waals surface area contributed by atoms with E-state index in [1.807, 2.05) is 0 Å². The van der Waals surface area contributed by atoms with Gasteiger partial charge in [0, 0.05) is 13.1 Å². The van der Waals surface area contributed by atoms with Gasteiger partial charge in [0.1, 0.15) is 18.4 Å². The molecule has 2 aromatic carbocycles. The molecule has 3 aromatic rings. The highest BCUT2D eigenvalue weighted by Gasteiger charge is 2.31. The third kappa shape index (κ3) is 4.74. The summed E-state index contributed by atoms with van der Waals surface area (Å²) in [6.07, 6.45) is -1.90. The summed E-state index contributed by atoms with van der Waals surface area (Å²) in [5, 5.41) is 4.02. The van der Waals surface area contributed by atoms with Gasteiger partial charge < -0.3 is 4.74 Å². The normalized spacial score (nSPS) is 13.4. The second-order valence-electron chi connectivity index (χ2n) is 6.15. The molecule has 0 spiro atoms. The maximum atomic E-state index is 12.8. The Balaban J connectivity index is 1.78. The fraction of sp³-hybridized carbons (Fsp3) is 0.222. The molecular weight excluding hydrogens is 409 g/mol. The number of aromatic nitrogens is 3. The van der Waals surface area contributed by atoms with Crippen molar-refractivity contribution in [3.8, 4) is 11.4 Å². The zero-order valence-electron chi connectivity index (χ0n) is 15.4. The SMILES string of the molecule is C[C@@H](c1ccc(-n2cncn2)cc1)N(C)S(=O)(=O)c1ccc(OC(F)(F)F)cc1. The lowest BCUT2D eigenvalue weighted by atomic mass is 10.1. The monoisotopic (exact) mass is 426 g/mol. The number of rotatable bonds is 6. The lowest BCUT2D eigenvalue weighted by Crippen LogP contribution is -2.29. The lowest BCUT2D eigenvalue weighted by Gasteiger charge is -2.25. The van der Waals surface area contributed by atoms with Gasteiger partial charge in [-0.3, -0.25) is 0 Å². The van der Waals surface area contributed by atoms with Gasteiger partial charge in [-0.1, -0.05) is 12.1 Å². The number of halogens is 3. The predicted octanol–water partition coefficient (Wildman–Crippen LogP) is 3.55. The Bertz CT molecular complexity index is 1050. The van der Waals surface area contributed by atoms with Crippen molar-refractivity contribution in [3.63, 3.8) is 0 Å². The Morgan fingerprint density at radius 1 is 1.07 bits per heavy atom. The average Bonchev–Trinajstić information content (AvgIpc) is 3.21. The zero-order chi connectivity index (χ0) is 21.2. The number of benzene rings is 2. The molecule has 0 saturated heterocycles. The second-order valence-corrected chi connectivity index (χ2v) is 8.15. The molecule has 0 N–H and O–H groups in total. The maximum absolute atomic E-state index is 12.8. The molecule has 0 saturated carbocycles. The third-order valence-corrected chi connectivity index (χ3v) is 6.28. The molecule has 0 unspecified atom stereocenters. The second kappa shape index (κ2) is 7.84. The van der Waals surface area contributed by atoms with Gasteiger partial charge in [-0.15, -0.1) is 13.2 Å². The van der Waals surface area contributed by atoms with Crippen molar-refractivity contribution in [1.29, 1.82) is 0 Å². The zero-order valence-corrected chi connectivity index (χ0v) is 16.2. The third-order valence-electron chi connectivity index (χ3n) is 4.34. The Morgan fingerprint density at radius 3 is 2.21 bits per heavy atom. The van der Waals surface area contributed by atoms with Crippen molar-refractivity contribution >= 4 is 10.0 Å². The van der Waals surface area contributed by atoms with Crippen LogP contribution in [-0.4, -0.2) is 40.9 Å². The summed E-state index contributed by atoms with van der Waals surface area (Å²) in [5.74, 6) is -0.490. The van der Waals surface area contributed by atoms with Crippen LogP contribution in [-0.2, 0) is 10.0 Å². The number of nitrogens with zero attached hydrogens (tertiary/aromatic N) is 4. The Labute approximate surface area is 165 Å². The fourth-order valence-corrected chi connectivity index (χ4v) is 4.00. The topological polar surface area (TPSA) is 77.3 Å². The van der Waals surface area contributed by atoms with E-state index >= 15 is 0 Å². The maximum Gasteiger partial charge on any atom is 0.573 e. The molecule has 1 aromatic heterocycles. The van der Waals surface area contributed by atoms with Crippen LogP contribution in [0.25, 0.3) is 5.69 Å². The van der Waals surface area contributed by atoms with Crippen LogP contribution in [0.1, 0.15) is 18.5 Å². The molecule has 0 fully saturated rings. The first-order chi connectivity index (χ1) is 13.6. The van der Waals surface area contributed by atoms with Crippen LogP contribution in [0, 0.1) is 0 Å². The van der Waals surface area contributed by atoms with E-state index < -0.39 is 28.2 Å². The fourth-order valence-electron chi connectivity index (χ4n) is 2.64. The summed E-state index contributed by atoms with van der Waals surface area (Å²) in [6, 6.07) is 10.7. The van der Waals surface area contributed by atoms with Crippen molar-refractivity contribution < 1.29 is 26.3 Å². The largest absolute Gasteiger partial charge is 0.573 e. The molecule has 1 atom stereocenters. The van der Waals surface area contributed by atoms with Crippen LogP contribution in [0.5, 0.6) is 5.75 Å². The van der Waals surface area contributed by atoms with Gasteiger partial charge in [0.05, 0.1) is 10.6 Å². The molecule has 11 heteroatoms. The molecule has 3 rings (SSSR count). The first-order valence-corrected chi connectivity index (χ1v) is 9.81. The molecule has 0 amide bonds. The summed E-state index contributed by atoms with van der Waals surface area (Å²) in [5.41, 5.74) is 1.50. The molecule has 7 nitrogen and oxygen atoms in total. The van der Waals surface area contributed by atoms with Crippen LogP contribution < -0.4 is 4.74 Å². The molecule has 0 aliphatic heterocycles. The van der Waals surface area contributed by atoms with Crippen molar-refractivity contribution in [2.75, 3.05) is 7.05 Å². The van der Waals surface area contributed by atoms with E-state index in [-0.39, 0.29) is 4.90 Å². The van der Waals surface area contributed by atoms with Gasteiger partial charge in [0.15, 0.2) is 0 Å². The quantitative estimate of drug-likeness (QED) is 0.603. The molecule has 154 valence electrons. The van der Waals surface area contributed by atoms with Crippen molar-refractivity contribution in [2.24, 2.45) is 0 Å². The summed E-state index contributed by atoms with van der Waals surface area (Å²) in [6.45, 7) is 1.71. The predicted molar refractivity (Wildman–Crippen MR) is 97.8 cm³/mol. The van der Waals surface area contributed by atoms with E-state index in [1.165, 1.54) is 13.4 Å². The van der Waals surface area contributed by atoms with E-state index in [0.29, 0.717) is 0 Å². The summed E-state index contributed by atoms with van der Waals surface area (Å²) >= 11 is 0. The number of ether oxygens (including phenoxy) is 1. The van der Waals surface area contributed by atoms with Crippen LogP contribution in [0.15, 0.2) is 66.1 Å². The summed E-state index contributed by atoms with van der Waals surface area (Å²) < 4.78 is 68.9. The minimum absolute atomic E-state index is 0.138. The first-order valence-electron chi connectivity index (χ1n) is 8.37. The van der Waals surface area contributed by atoms with E-state index in [2.05, 4.69) is 14.8 Å². The minimum Gasteiger partial charge on any atom is -0.406 e. The van der Waals surface area contributed by atoms with Crippen LogP contribution >= 0.6 is 0 Å². The van der Waals surface area contributed by atoms with Gasteiger partial charge >= 0.3 is 6.36 Å². The van der Waals surface area contributed by atoms with E-state index in [1.54, 1.807) is 42.2 Å². The Kier molecular flexibility index (Phi) is 5.62. The number of hydrogen-bond acceptors (Lipinski definition) is 5. The Hall–Kier alpha value is -2.92. The number of alkyl halides is 3. The minimum atomic E-state index is -4.84. The molecule has 0 aliphatic rings. The van der Waals surface area contributed by atoms with Crippen LogP contribution in [0.3, 0.4) is 0 Å². The highest BCUT2D eigenvalue weighted by atomic mass is 32.2. The highest BCUT2D eigenvalue weighted by molar-refractivity contribution is 7.89. The average molecular weight is 426 g/mol. The van der Waals surface area contributed by atoms with Crippen LogP contribution in [0.4, 0.5) is 13.2 Å². The Morgan fingerprint density at radius 2 is 1.69 bits per heavy atom. The van der Waals surface area contributed by atoms with Gasteiger partial charge in [-0.05, 0) is 48.9 Å². The van der Waals surface area contributed by atoms with Gasteiger partial charge in [-0.25, -0.2) is 18.1 Å².